The number of ether oxygens (including phenoxy) is 2. The van der Waals surface area contributed by atoms with Gasteiger partial charge in [0.1, 0.15) is 12.4 Å². The van der Waals surface area contributed by atoms with Gasteiger partial charge in [0.2, 0.25) is 6.79 Å². The van der Waals surface area contributed by atoms with E-state index in [4.69, 9.17) is 29.2 Å². The minimum atomic E-state index is 0.229. The third-order valence-electron chi connectivity index (χ3n) is 5.49. The van der Waals surface area contributed by atoms with Crippen LogP contribution in [0.3, 0.4) is 0 Å². The first-order valence-electron chi connectivity index (χ1n) is 10.0. The van der Waals surface area contributed by atoms with Crippen molar-refractivity contribution in [3.05, 3.63) is 41.7 Å². The van der Waals surface area contributed by atoms with E-state index in [9.17, 15) is 0 Å². The molecule has 0 fully saturated rings. The van der Waals surface area contributed by atoms with Crippen LogP contribution in [0.4, 0.5) is 0 Å². The molecule has 3 heterocycles. The third kappa shape index (κ3) is 3.36. The van der Waals surface area contributed by atoms with Crippen LogP contribution in [0.2, 0.25) is 0 Å². The van der Waals surface area contributed by atoms with Gasteiger partial charge in [0.25, 0.3) is 0 Å². The molecule has 0 radical (unpaired) electrons. The second kappa shape index (κ2) is 7.50. The number of fused-ring (bicyclic) bond motifs is 3. The first-order valence-corrected chi connectivity index (χ1v) is 10.0. The molecule has 5 rings (SSSR count). The monoisotopic (exact) mass is 393 g/mol. The van der Waals surface area contributed by atoms with E-state index in [1.807, 2.05) is 24.3 Å². The van der Waals surface area contributed by atoms with Crippen molar-refractivity contribution in [2.24, 2.45) is 0 Å². The normalized spacial score (nSPS) is 14.4. The van der Waals surface area contributed by atoms with Crippen molar-refractivity contribution < 1.29 is 19.2 Å². The number of nitrogens with zero attached hydrogens (tertiary/aromatic N) is 3. The molecule has 2 aromatic carbocycles. The molecule has 2 aliphatic rings. The van der Waals surface area contributed by atoms with Gasteiger partial charge < -0.3 is 19.3 Å². The molecule has 2 aliphatic heterocycles. The van der Waals surface area contributed by atoms with Gasteiger partial charge in [0, 0.05) is 35.5 Å². The predicted octanol–water partition coefficient (Wildman–Crippen LogP) is 3.73. The Hall–Kier alpha value is -2.90. The predicted molar refractivity (Wildman–Crippen MR) is 108 cm³/mol. The van der Waals surface area contributed by atoms with Crippen molar-refractivity contribution >= 4 is 10.9 Å². The standard InChI is InChI=1S/C22H23N3O4/c1-3-25(4-2)8-7-21-23-17-11-20-19(26-13-27-20)10-16(17)22(24-21)14-5-6-15-12-28-29-18(15)9-14/h5-6,9-11H,3-4,7-8,12-13H2,1-2H3. The number of likely N-dealkylation sites (N-methyl/N-ethyl adjacent to an activating group) is 1. The molecule has 0 unspecified atom stereocenters. The molecule has 7 nitrogen and oxygen atoms in total. The van der Waals surface area contributed by atoms with Gasteiger partial charge in [-0.2, -0.15) is 4.89 Å². The lowest BCUT2D eigenvalue weighted by molar-refractivity contribution is -0.194. The van der Waals surface area contributed by atoms with E-state index in [-0.39, 0.29) is 6.79 Å². The van der Waals surface area contributed by atoms with Crippen LogP contribution < -0.4 is 14.4 Å². The highest BCUT2D eigenvalue weighted by atomic mass is 17.2. The topological polar surface area (TPSA) is 65.9 Å². The van der Waals surface area contributed by atoms with E-state index in [0.29, 0.717) is 6.61 Å². The minimum absolute atomic E-state index is 0.229. The fourth-order valence-electron chi connectivity index (χ4n) is 3.75. The van der Waals surface area contributed by atoms with Gasteiger partial charge in [0.05, 0.1) is 11.2 Å². The summed E-state index contributed by atoms with van der Waals surface area (Å²) in [5.74, 6) is 3.00. The lowest BCUT2D eigenvalue weighted by atomic mass is 10.0. The molecule has 0 saturated heterocycles. The summed E-state index contributed by atoms with van der Waals surface area (Å²) in [4.78, 5) is 22.5. The first kappa shape index (κ1) is 18.1. The van der Waals surface area contributed by atoms with E-state index in [1.54, 1.807) is 0 Å². The number of benzene rings is 2. The molecule has 0 bridgehead atoms. The van der Waals surface area contributed by atoms with Gasteiger partial charge in [-0.05, 0) is 25.2 Å². The summed E-state index contributed by atoms with van der Waals surface area (Å²) in [5, 5.41) is 0.930. The Morgan fingerprint density at radius 2 is 1.79 bits per heavy atom. The van der Waals surface area contributed by atoms with E-state index < -0.39 is 0 Å². The SMILES string of the molecule is CCN(CC)CCc1nc(-c2ccc3c(c2)OOC3)c2cc3c(cc2n1)OCO3. The third-order valence-corrected chi connectivity index (χ3v) is 5.49. The van der Waals surface area contributed by atoms with Crippen molar-refractivity contribution in [2.45, 2.75) is 26.9 Å². The van der Waals surface area contributed by atoms with Crippen LogP contribution in [0.25, 0.3) is 22.2 Å². The maximum absolute atomic E-state index is 5.58. The number of aromatic nitrogens is 2. The van der Waals surface area contributed by atoms with Crippen LogP contribution in [0.1, 0.15) is 25.2 Å². The molecule has 0 saturated carbocycles. The molecule has 0 aliphatic carbocycles. The van der Waals surface area contributed by atoms with Crippen LogP contribution in [0.5, 0.6) is 17.2 Å². The summed E-state index contributed by atoms with van der Waals surface area (Å²) in [6.45, 7) is 7.98. The van der Waals surface area contributed by atoms with E-state index in [2.05, 4.69) is 24.8 Å². The summed E-state index contributed by atoms with van der Waals surface area (Å²) in [6.07, 6.45) is 0.781. The Morgan fingerprint density at radius 3 is 2.62 bits per heavy atom. The van der Waals surface area contributed by atoms with Crippen molar-refractivity contribution in [1.82, 2.24) is 14.9 Å². The molecule has 7 heteroatoms. The number of hydrogen-bond acceptors (Lipinski definition) is 7. The van der Waals surface area contributed by atoms with E-state index >= 15 is 0 Å². The largest absolute Gasteiger partial charge is 0.454 e. The quantitative estimate of drug-likeness (QED) is 0.591. The summed E-state index contributed by atoms with van der Waals surface area (Å²) in [7, 11) is 0. The average Bonchev–Trinajstić information content (AvgIpc) is 3.40. The van der Waals surface area contributed by atoms with Gasteiger partial charge in [-0.3, -0.25) is 0 Å². The lowest BCUT2D eigenvalue weighted by Gasteiger charge is -2.17. The maximum atomic E-state index is 5.58. The van der Waals surface area contributed by atoms with Crippen molar-refractivity contribution in [2.75, 3.05) is 26.4 Å². The van der Waals surface area contributed by atoms with Crippen LogP contribution in [-0.4, -0.2) is 41.3 Å². The molecule has 150 valence electrons. The zero-order valence-electron chi connectivity index (χ0n) is 16.6. The highest BCUT2D eigenvalue weighted by Gasteiger charge is 2.21. The Labute approximate surface area is 169 Å². The summed E-state index contributed by atoms with van der Waals surface area (Å²) in [6, 6.07) is 9.96. The van der Waals surface area contributed by atoms with Gasteiger partial charge in [0.15, 0.2) is 17.2 Å². The maximum Gasteiger partial charge on any atom is 0.231 e. The Kier molecular flexibility index (Phi) is 4.69. The molecule has 0 amide bonds. The van der Waals surface area contributed by atoms with Gasteiger partial charge in [-0.25, -0.2) is 9.97 Å². The molecule has 29 heavy (non-hydrogen) atoms. The lowest BCUT2D eigenvalue weighted by Crippen LogP contribution is -2.25. The number of rotatable bonds is 6. The second-order valence-electron chi connectivity index (χ2n) is 7.16. The Morgan fingerprint density at radius 1 is 0.966 bits per heavy atom. The highest BCUT2D eigenvalue weighted by Crippen LogP contribution is 2.39. The molecule has 0 atom stereocenters. The smallest absolute Gasteiger partial charge is 0.231 e. The first-order chi connectivity index (χ1) is 14.2. The van der Waals surface area contributed by atoms with E-state index in [1.165, 1.54) is 0 Å². The zero-order valence-corrected chi connectivity index (χ0v) is 16.6. The van der Waals surface area contributed by atoms with Gasteiger partial charge in [-0.1, -0.05) is 26.0 Å². The fourth-order valence-corrected chi connectivity index (χ4v) is 3.75. The summed E-state index contributed by atoms with van der Waals surface area (Å²) >= 11 is 0. The van der Waals surface area contributed by atoms with Gasteiger partial charge in [-0.15, -0.1) is 0 Å². The van der Waals surface area contributed by atoms with Crippen LogP contribution in [0.15, 0.2) is 30.3 Å². The van der Waals surface area contributed by atoms with E-state index in [0.717, 1.165) is 76.9 Å². The molecular weight excluding hydrogens is 370 g/mol. The van der Waals surface area contributed by atoms with Crippen LogP contribution in [-0.2, 0) is 17.9 Å². The fraction of sp³-hybridized carbons (Fsp3) is 0.364. The average molecular weight is 393 g/mol. The zero-order chi connectivity index (χ0) is 19.8. The Bertz CT molecular complexity index is 1070. The number of hydrogen-bond donors (Lipinski definition) is 0. The molecule has 1 aromatic heterocycles. The Balaban J connectivity index is 1.61. The van der Waals surface area contributed by atoms with Gasteiger partial charge >= 0.3 is 0 Å². The minimum Gasteiger partial charge on any atom is -0.454 e. The summed E-state index contributed by atoms with van der Waals surface area (Å²) in [5.41, 5.74) is 3.71. The van der Waals surface area contributed by atoms with Crippen LogP contribution in [0, 0.1) is 0 Å². The highest BCUT2D eigenvalue weighted by molar-refractivity contribution is 5.94. The van der Waals surface area contributed by atoms with Crippen molar-refractivity contribution in [1.29, 1.82) is 0 Å². The van der Waals surface area contributed by atoms with Crippen molar-refractivity contribution in [3.8, 4) is 28.5 Å². The second-order valence-corrected chi connectivity index (χ2v) is 7.16. The molecular formula is C22H23N3O4. The van der Waals surface area contributed by atoms with Crippen LogP contribution >= 0.6 is 0 Å². The summed E-state index contributed by atoms with van der Waals surface area (Å²) < 4.78 is 11.1. The van der Waals surface area contributed by atoms with Crippen molar-refractivity contribution in [3.63, 3.8) is 0 Å². The molecule has 3 aromatic rings. The molecule has 0 N–H and O–H groups in total. The molecule has 0 spiro atoms.